The smallest absolute Gasteiger partial charge is 0.196 e. The summed E-state index contributed by atoms with van der Waals surface area (Å²) in [4.78, 5) is 0. The van der Waals surface area contributed by atoms with Crippen molar-refractivity contribution >= 4 is 16.6 Å². The van der Waals surface area contributed by atoms with E-state index in [2.05, 4.69) is 79.9 Å². The van der Waals surface area contributed by atoms with Crippen LogP contribution in [0, 0.1) is 0 Å². The van der Waals surface area contributed by atoms with Crippen molar-refractivity contribution in [2.75, 3.05) is 13.6 Å². The van der Waals surface area contributed by atoms with Crippen LogP contribution in [0.25, 0.3) is 0 Å². The molecule has 2 bridgehead atoms. The topological polar surface area (TPSA) is 46.2 Å². The highest BCUT2D eigenvalue weighted by molar-refractivity contribution is 6.74. The molecule has 0 spiro atoms. The van der Waals surface area contributed by atoms with Gasteiger partial charge in [0.2, 0.25) is 0 Å². The average Bonchev–Trinajstić information content (AvgIpc) is 3.23. The Balaban J connectivity index is 1.72. The van der Waals surface area contributed by atoms with Gasteiger partial charge >= 0.3 is 0 Å². The predicted molar refractivity (Wildman–Crippen MR) is 130 cm³/mol. The van der Waals surface area contributed by atoms with Gasteiger partial charge in [-0.05, 0) is 48.4 Å². The van der Waals surface area contributed by atoms with E-state index in [4.69, 9.17) is 23.1 Å². The zero-order chi connectivity index (χ0) is 23.2. The van der Waals surface area contributed by atoms with Crippen LogP contribution < -0.4 is 9.47 Å². The van der Waals surface area contributed by atoms with Gasteiger partial charge < -0.3 is 23.1 Å². The molecule has 3 rings (SSSR count). The maximum Gasteiger partial charge on any atom is 0.196 e. The Labute approximate surface area is 190 Å². The molecule has 0 amide bonds. The number of ether oxygens (including phenoxy) is 3. The summed E-state index contributed by atoms with van der Waals surface area (Å²) in [5, 5.41) is 0.288. The first-order valence-corrected chi connectivity index (χ1v) is 17.0. The third-order valence-corrected chi connectivity index (χ3v) is 16.3. The third kappa shape index (κ3) is 4.95. The second-order valence-electron chi connectivity index (χ2n) is 11.6. The SMILES string of the molecule is CC(C)(C)[Si](C)(C)OCOc1ccc(OCO[Si](C)(C)C(C)(C)C)c2c1C1C=CC2O1. The van der Waals surface area contributed by atoms with Gasteiger partial charge in [-0.25, -0.2) is 0 Å². The fourth-order valence-electron chi connectivity index (χ4n) is 3.13. The minimum absolute atomic E-state index is 0.0901. The van der Waals surface area contributed by atoms with Gasteiger partial charge in [0.25, 0.3) is 0 Å². The molecular weight excluding hydrogens is 424 g/mol. The molecule has 1 aromatic carbocycles. The van der Waals surface area contributed by atoms with Crippen molar-refractivity contribution in [2.45, 2.75) is 90.0 Å². The van der Waals surface area contributed by atoms with Gasteiger partial charge in [-0.2, -0.15) is 0 Å². The highest BCUT2D eigenvalue weighted by atomic mass is 28.4. The summed E-state index contributed by atoms with van der Waals surface area (Å²) in [6, 6.07) is 3.93. The molecule has 0 N–H and O–H groups in total. The monoisotopic (exact) mass is 464 g/mol. The number of hydrogen-bond acceptors (Lipinski definition) is 5. The lowest BCUT2D eigenvalue weighted by Crippen LogP contribution is -2.41. The first-order chi connectivity index (χ1) is 14.1. The molecule has 1 aromatic rings. The van der Waals surface area contributed by atoms with Crippen molar-refractivity contribution in [1.82, 2.24) is 0 Å². The van der Waals surface area contributed by atoms with Crippen LogP contribution in [0.2, 0.25) is 36.3 Å². The lowest BCUT2D eigenvalue weighted by molar-refractivity contribution is 0.0778. The summed E-state index contributed by atoms with van der Waals surface area (Å²) in [6.07, 6.45) is 4.00. The van der Waals surface area contributed by atoms with E-state index in [-0.39, 0.29) is 35.9 Å². The molecule has 0 saturated carbocycles. The average molecular weight is 465 g/mol. The molecule has 0 saturated heterocycles. The fourth-order valence-corrected chi connectivity index (χ4v) is 4.70. The molecule has 2 aliphatic heterocycles. The minimum atomic E-state index is -1.87. The molecule has 2 aliphatic rings. The summed E-state index contributed by atoms with van der Waals surface area (Å²) in [5.41, 5.74) is 2.10. The van der Waals surface area contributed by atoms with E-state index in [1.807, 2.05) is 12.1 Å². The maximum absolute atomic E-state index is 6.21. The molecule has 31 heavy (non-hydrogen) atoms. The number of benzene rings is 1. The van der Waals surface area contributed by atoms with Gasteiger partial charge in [-0.3, -0.25) is 0 Å². The molecule has 7 heteroatoms. The van der Waals surface area contributed by atoms with Crippen LogP contribution in [0.15, 0.2) is 24.3 Å². The molecule has 0 aliphatic carbocycles. The van der Waals surface area contributed by atoms with E-state index in [9.17, 15) is 0 Å². The summed E-state index contributed by atoms with van der Waals surface area (Å²) in [7, 11) is -3.74. The Morgan fingerprint density at radius 3 is 1.39 bits per heavy atom. The van der Waals surface area contributed by atoms with Gasteiger partial charge in [0.05, 0.1) is 0 Å². The quantitative estimate of drug-likeness (QED) is 0.233. The molecule has 0 radical (unpaired) electrons. The third-order valence-electron chi connectivity index (χ3n) is 7.41. The van der Waals surface area contributed by atoms with Crippen LogP contribution in [0.4, 0.5) is 0 Å². The molecule has 2 heterocycles. The Morgan fingerprint density at radius 1 is 0.710 bits per heavy atom. The lowest BCUT2D eigenvalue weighted by atomic mass is 9.95. The van der Waals surface area contributed by atoms with Crippen LogP contribution in [-0.2, 0) is 13.6 Å². The highest BCUT2D eigenvalue weighted by Crippen LogP contribution is 2.53. The van der Waals surface area contributed by atoms with Gasteiger partial charge in [0.1, 0.15) is 23.7 Å². The summed E-state index contributed by atoms with van der Waals surface area (Å²) >= 11 is 0. The van der Waals surface area contributed by atoms with E-state index in [0.29, 0.717) is 0 Å². The molecule has 174 valence electrons. The molecule has 0 aromatic heterocycles. The molecule has 2 atom stereocenters. The molecule has 5 nitrogen and oxygen atoms in total. The van der Waals surface area contributed by atoms with Gasteiger partial charge in [-0.15, -0.1) is 0 Å². The van der Waals surface area contributed by atoms with E-state index >= 15 is 0 Å². The fraction of sp³-hybridized carbons (Fsp3) is 0.667. The van der Waals surface area contributed by atoms with Crippen LogP contribution >= 0.6 is 0 Å². The van der Waals surface area contributed by atoms with Crippen LogP contribution in [0.1, 0.15) is 64.9 Å². The van der Waals surface area contributed by atoms with Crippen LogP contribution in [0.5, 0.6) is 11.5 Å². The Hall–Kier alpha value is -1.13. The summed E-state index contributed by atoms with van der Waals surface area (Å²) in [5.74, 6) is 1.62. The standard InChI is InChI=1S/C24H40O5Si2/c1-23(2,3)30(7,8)27-15-25-17-11-12-18(22-20-14-13-19(29-20)21(17)22)26-16-28-31(9,10)24(4,5)6/h11-14,19-20H,15-16H2,1-10H3. The van der Waals surface area contributed by atoms with E-state index in [0.717, 1.165) is 22.6 Å². The Kier molecular flexibility index (Phi) is 6.59. The minimum Gasteiger partial charge on any atom is -0.468 e. The Bertz CT molecular complexity index is 767. The van der Waals surface area contributed by atoms with E-state index < -0.39 is 16.6 Å². The van der Waals surface area contributed by atoms with Gasteiger partial charge in [0.15, 0.2) is 30.2 Å². The normalized spacial score (nSPS) is 20.8. The molecule has 0 fully saturated rings. The second-order valence-corrected chi connectivity index (χ2v) is 21.2. The van der Waals surface area contributed by atoms with Crippen molar-refractivity contribution < 1.29 is 23.1 Å². The van der Waals surface area contributed by atoms with Gasteiger partial charge in [-0.1, -0.05) is 53.7 Å². The predicted octanol–water partition coefficient (Wildman–Crippen LogP) is 7.09. The van der Waals surface area contributed by atoms with E-state index in [1.165, 1.54) is 0 Å². The summed E-state index contributed by atoms with van der Waals surface area (Å²) < 4.78 is 30.7. The number of hydrogen-bond donors (Lipinski definition) is 0. The van der Waals surface area contributed by atoms with Crippen molar-refractivity contribution in [2.24, 2.45) is 0 Å². The first kappa shape index (κ1) is 24.5. The van der Waals surface area contributed by atoms with Crippen LogP contribution in [-0.4, -0.2) is 30.2 Å². The molecular formula is C24H40O5Si2. The van der Waals surface area contributed by atoms with Crippen molar-refractivity contribution in [1.29, 1.82) is 0 Å². The van der Waals surface area contributed by atoms with E-state index in [1.54, 1.807) is 0 Å². The van der Waals surface area contributed by atoms with Gasteiger partial charge in [0, 0.05) is 11.1 Å². The second kappa shape index (κ2) is 8.34. The van der Waals surface area contributed by atoms with Crippen LogP contribution in [0.3, 0.4) is 0 Å². The zero-order valence-corrected chi connectivity index (χ0v) is 22.9. The van der Waals surface area contributed by atoms with Crippen molar-refractivity contribution in [3.8, 4) is 11.5 Å². The number of rotatable bonds is 8. The molecule has 2 unspecified atom stereocenters. The lowest BCUT2D eigenvalue weighted by Gasteiger charge is -2.36. The number of fused-ring (bicyclic) bond motifs is 5. The zero-order valence-electron chi connectivity index (χ0n) is 20.9. The van der Waals surface area contributed by atoms with Crippen molar-refractivity contribution in [3.63, 3.8) is 0 Å². The largest absolute Gasteiger partial charge is 0.468 e. The summed E-state index contributed by atoms with van der Waals surface area (Å²) in [6.45, 7) is 22.8. The first-order valence-electron chi connectivity index (χ1n) is 11.2. The highest BCUT2D eigenvalue weighted by Gasteiger charge is 2.41. The Morgan fingerprint density at radius 2 is 1.06 bits per heavy atom. The maximum atomic E-state index is 6.21. The van der Waals surface area contributed by atoms with Crippen molar-refractivity contribution in [3.05, 3.63) is 35.4 Å².